The maximum Gasteiger partial charge on any atom is 0.234 e. The number of nitriles is 1. The van der Waals surface area contributed by atoms with E-state index in [-0.39, 0.29) is 11.7 Å². The smallest absolute Gasteiger partial charge is 0.234 e. The quantitative estimate of drug-likeness (QED) is 0.394. The summed E-state index contributed by atoms with van der Waals surface area (Å²) in [5.74, 6) is 0.615. The SMILES string of the molecule is COCCCn1c(SCC(=O)Nc2cccc(C#N)c2)nnc1-c1ccccc1Cl. The number of anilines is 1. The minimum atomic E-state index is -0.194. The van der Waals surface area contributed by atoms with Gasteiger partial charge in [-0.1, -0.05) is 41.6 Å². The first-order valence-electron chi connectivity index (χ1n) is 9.22. The first-order chi connectivity index (χ1) is 14.6. The van der Waals surface area contributed by atoms with E-state index in [0.29, 0.717) is 40.4 Å². The number of hydrogen-bond acceptors (Lipinski definition) is 6. The highest BCUT2D eigenvalue weighted by Gasteiger charge is 2.17. The van der Waals surface area contributed by atoms with Crippen molar-refractivity contribution in [2.24, 2.45) is 0 Å². The fraction of sp³-hybridized carbons (Fsp3) is 0.238. The van der Waals surface area contributed by atoms with Crippen LogP contribution in [0.25, 0.3) is 11.4 Å². The second kappa shape index (κ2) is 10.8. The predicted octanol–water partition coefficient (Wildman–Crippen LogP) is 4.24. The molecular weight excluding hydrogens is 422 g/mol. The molecule has 0 unspecified atom stereocenters. The van der Waals surface area contributed by atoms with Crippen LogP contribution in [0.3, 0.4) is 0 Å². The standard InChI is InChI=1S/C21H20ClN5O2S/c1-29-11-5-10-27-20(17-8-2-3-9-18(17)22)25-26-21(27)30-14-19(28)24-16-7-4-6-15(12-16)13-23/h2-4,6-9,12H,5,10-11,14H2,1H3,(H,24,28). The fourth-order valence-electron chi connectivity index (χ4n) is 2.80. The number of ether oxygens (including phenoxy) is 1. The topological polar surface area (TPSA) is 92.8 Å². The first kappa shape index (κ1) is 21.8. The van der Waals surface area contributed by atoms with Crippen LogP contribution in [0.4, 0.5) is 5.69 Å². The van der Waals surface area contributed by atoms with Crippen molar-refractivity contribution in [1.29, 1.82) is 5.26 Å². The molecule has 3 rings (SSSR count). The van der Waals surface area contributed by atoms with Gasteiger partial charge >= 0.3 is 0 Å². The molecule has 1 N–H and O–H groups in total. The maximum absolute atomic E-state index is 12.4. The molecule has 0 bridgehead atoms. The Balaban J connectivity index is 1.74. The van der Waals surface area contributed by atoms with E-state index < -0.39 is 0 Å². The highest BCUT2D eigenvalue weighted by Crippen LogP contribution is 2.29. The van der Waals surface area contributed by atoms with Crippen molar-refractivity contribution >= 4 is 35.0 Å². The molecule has 0 aliphatic rings. The fourth-order valence-corrected chi connectivity index (χ4v) is 3.78. The Morgan fingerprint density at radius 1 is 1.27 bits per heavy atom. The van der Waals surface area contributed by atoms with E-state index in [4.69, 9.17) is 21.6 Å². The maximum atomic E-state index is 12.4. The molecule has 0 aliphatic carbocycles. The molecule has 0 atom stereocenters. The van der Waals surface area contributed by atoms with Gasteiger partial charge in [0.05, 0.1) is 22.4 Å². The van der Waals surface area contributed by atoms with E-state index >= 15 is 0 Å². The van der Waals surface area contributed by atoms with Gasteiger partial charge in [0, 0.05) is 31.5 Å². The molecule has 0 saturated heterocycles. The van der Waals surface area contributed by atoms with Crippen LogP contribution in [-0.4, -0.2) is 40.1 Å². The van der Waals surface area contributed by atoms with E-state index in [0.717, 1.165) is 12.0 Å². The van der Waals surface area contributed by atoms with Crippen LogP contribution in [0.2, 0.25) is 5.02 Å². The lowest BCUT2D eigenvalue weighted by Crippen LogP contribution is -2.15. The van der Waals surface area contributed by atoms with E-state index in [2.05, 4.69) is 21.6 Å². The number of methoxy groups -OCH3 is 1. The van der Waals surface area contributed by atoms with Crippen molar-refractivity contribution in [2.45, 2.75) is 18.1 Å². The summed E-state index contributed by atoms with van der Waals surface area (Å²) < 4.78 is 7.11. The number of halogens is 1. The summed E-state index contributed by atoms with van der Waals surface area (Å²) in [6.45, 7) is 1.23. The number of aromatic nitrogens is 3. The average Bonchev–Trinajstić information content (AvgIpc) is 3.15. The minimum Gasteiger partial charge on any atom is -0.385 e. The lowest BCUT2D eigenvalue weighted by Gasteiger charge is -2.11. The van der Waals surface area contributed by atoms with Crippen LogP contribution in [0, 0.1) is 11.3 Å². The first-order valence-corrected chi connectivity index (χ1v) is 10.6. The molecule has 1 amide bonds. The second-order valence-electron chi connectivity index (χ2n) is 6.31. The Hall–Kier alpha value is -2.86. The highest BCUT2D eigenvalue weighted by molar-refractivity contribution is 7.99. The van der Waals surface area contributed by atoms with Crippen LogP contribution >= 0.6 is 23.4 Å². The summed E-state index contributed by atoms with van der Waals surface area (Å²) in [5, 5.41) is 21.6. The summed E-state index contributed by atoms with van der Waals surface area (Å²) in [5.41, 5.74) is 1.86. The van der Waals surface area contributed by atoms with Gasteiger partial charge in [0.1, 0.15) is 0 Å². The van der Waals surface area contributed by atoms with E-state index in [1.54, 1.807) is 37.4 Å². The summed E-state index contributed by atoms with van der Waals surface area (Å²) in [7, 11) is 1.66. The van der Waals surface area contributed by atoms with Crippen LogP contribution in [0.1, 0.15) is 12.0 Å². The Morgan fingerprint density at radius 2 is 2.10 bits per heavy atom. The van der Waals surface area contributed by atoms with E-state index in [1.165, 1.54) is 11.8 Å². The highest BCUT2D eigenvalue weighted by atomic mass is 35.5. The van der Waals surface area contributed by atoms with Crippen molar-refractivity contribution < 1.29 is 9.53 Å². The molecule has 0 fully saturated rings. The molecule has 154 valence electrons. The van der Waals surface area contributed by atoms with Crippen LogP contribution in [0.15, 0.2) is 53.7 Å². The van der Waals surface area contributed by atoms with Crippen molar-refractivity contribution in [3.05, 3.63) is 59.1 Å². The molecule has 0 spiro atoms. The number of nitrogens with zero attached hydrogens (tertiary/aromatic N) is 4. The van der Waals surface area contributed by atoms with Crippen molar-refractivity contribution in [1.82, 2.24) is 14.8 Å². The molecule has 0 radical (unpaired) electrons. The Morgan fingerprint density at radius 3 is 2.87 bits per heavy atom. The summed E-state index contributed by atoms with van der Waals surface area (Å²) in [6, 6.07) is 16.3. The molecular formula is C21H20ClN5O2S. The molecule has 7 nitrogen and oxygen atoms in total. The van der Waals surface area contributed by atoms with Gasteiger partial charge in [-0.25, -0.2) is 0 Å². The number of nitrogens with one attached hydrogen (secondary N) is 1. The molecule has 1 aromatic heterocycles. The second-order valence-corrected chi connectivity index (χ2v) is 7.66. The van der Waals surface area contributed by atoms with Crippen molar-refractivity contribution in [3.63, 3.8) is 0 Å². The summed E-state index contributed by atoms with van der Waals surface area (Å²) in [4.78, 5) is 12.4. The van der Waals surface area contributed by atoms with Gasteiger partial charge in [-0.05, 0) is 36.8 Å². The zero-order valence-corrected chi connectivity index (χ0v) is 17.9. The van der Waals surface area contributed by atoms with Crippen LogP contribution in [0.5, 0.6) is 0 Å². The van der Waals surface area contributed by atoms with E-state index in [1.807, 2.05) is 22.8 Å². The van der Waals surface area contributed by atoms with Gasteiger partial charge in [-0.15, -0.1) is 10.2 Å². The van der Waals surface area contributed by atoms with Gasteiger partial charge < -0.3 is 14.6 Å². The number of amides is 1. The summed E-state index contributed by atoms with van der Waals surface area (Å²) >= 11 is 7.64. The normalized spacial score (nSPS) is 10.6. The number of thioether (sulfide) groups is 1. The largest absolute Gasteiger partial charge is 0.385 e. The molecule has 0 aliphatic heterocycles. The third-order valence-electron chi connectivity index (χ3n) is 4.17. The van der Waals surface area contributed by atoms with Gasteiger partial charge in [0.25, 0.3) is 0 Å². The Labute approximate surface area is 184 Å². The molecule has 1 heterocycles. The number of carbonyl (C=O) groups is 1. The van der Waals surface area contributed by atoms with Gasteiger partial charge in [0.15, 0.2) is 11.0 Å². The number of hydrogen-bond donors (Lipinski definition) is 1. The lowest BCUT2D eigenvalue weighted by atomic mass is 10.2. The van der Waals surface area contributed by atoms with Gasteiger partial charge in [-0.3, -0.25) is 4.79 Å². The number of rotatable bonds is 9. The van der Waals surface area contributed by atoms with Gasteiger partial charge in [-0.2, -0.15) is 5.26 Å². The third kappa shape index (κ3) is 5.60. The third-order valence-corrected chi connectivity index (χ3v) is 5.47. The zero-order chi connectivity index (χ0) is 21.3. The van der Waals surface area contributed by atoms with Crippen LogP contribution in [-0.2, 0) is 16.1 Å². The average molecular weight is 442 g/mol. The predicted molar refractivity (Wildman–Crippen MR) is 117 cm³/mol. The van der Waals surface area contributed by atoms with Crippen LogP contribution < -0.4 is 5.32 Å². The summed E-state index contributed by atoms with van der Waals surface area (Å²) in [6.07, 6.45) is 0.771. The molecule has 0 saturated carbocycles. The molecule has 30 heavy (non-hydrogen) atoms. The monoisotopic (exact) mass is 441 g/mol. The molecule has 3 aromatic rings. The minimum absolute atomic E-state index is 0.154. The number of carbonyl (C=O) groups excluding carboxylic acids is 1. The Bertz CT molecular complexity index is 1060. The van der Waals surface area contributed by atoms with Crippen molar-refractivity contribution in [2.75, 3.05) is 24.8 Å². The van der Waals surface area contributed by atoms with E-state index in [9.17, 15) is 4.79 Å². The molecule has 9 heteroatoms. The van der Waals surface area contributed by atoms with Gasteiger partial charge in [0.2, 0.25) is 5.91 Å². The Kier molecular flexibility index (Phi) is 7.85. The molecule has 2 aromatic carbocycles. The number of benzene rings is 2. The lowest BCUT2D eigenvalue weighted by molar-refractivity contribution is -0.113. The zero-order valence-electron chi connectivity index (χ0n) is 16.3. The van der Waals surface area contributed by atoms with Crippen molar-refractivity contribution in [3.8, 4) is 17.5 Å².